The van der Waals surface area contributed by atoms with Crippen LogP contribution in [0.15, 0.2) is 27.0 Å². The van der Waals surface area contributed by atoms with Crippen LogP contribution >= 0.6 is 39.0 Å². The van der Waals surface area contributed by atoms with Crippen molar-refractivity contribution in [3.8, 4) is 5.75 Å². The monoisotopic (exact) mass is 373 g/mol. The van der Waals surface area contributed by atoms with Gasteiger partial charge in [0.05, 0.1) is 17.3 Å². The Morgan fingerprint density at radius 3 is 2.90 bits per heavy atom. The molecule has 1 aromatic heterocycles. The summed E-state index contributed by atoms with van der Waals surface area (Å²) in [7, 11) is 3.38. The summed E-state index contributed by atoms with van der Waals surface area (Å²) in [6, 6.07) is 5.29. The Morgan fingerprint density at radius 2 is 2.30 bits per heavy atom. The van der Waals surface area contributed by atoms with Crippen LogP contribution in [0.3, 0.4) is 0 Å². The summed E-state index contributed by atoms with van der Waals surface area (Å²) in [6.07, 6.45) is 0. The zero-order chi connectivity index (χ0) is 14.5. The van der Waals surface area contributed by atoms with E-state index in [0.29, 0.717) is 17.1 Å². The Balaban J connectivity index is 1.99. The van der Waals surface area contributed by atoms with Crippen molar-refractivity contribution in [3.63, 3.8) is 0 Å². The van der Waals surface area contributed by atoms with E-state index < -0.39 is 0 Å². The maximum absolute atomic E-state index is 12.1. The summed E-state index contributed by atoms with van der Waals surface area (Å²) >= 11 is 6.18. The number of ketones is 1. The van der Waals surface area contributed by atoms with Crippen molar-refractivity contribution in [2.45, 2.75) is 4.34 Å². The Morgan fingerprint density at radius 1 is 1.50 bits per heavy atom. The second-order valence-electron chi connectivity index (χ2n) is 3.68. The van der Waals surface area contributed by atoms with Gasteiger partial charge in [0, 0.05) is 12.6 Å². The highest BCUT2D eigenvalue weighted by Gasteiger charge is 2.11. The van der Waals surface area contributed by atoms with E-state index in [9.17, 15) is 4.79 Å². The highest BCUT2D eigenvalue weighted by Crippen LogP contribution is 2.28. The summed E-state index contributed by atoms with van der Waals surface area (Å²) in [4.78, 5) is 12.1. The van der Waals surface area contributed by atoms with Crippen molar-refractivity contribution in [1.29, 1.82) is 0 Å². The zero-order valence-corrected chi connectivity index (χ0v) is 14.1. The second kappa shape index (κ2) is 7.05. The van der Waals surface area contributed by atoms with Gasteiger partial charge in [-0.2, -0.15) is 0 Å². The molecule has 0 aliphatic rings. The number of aromatic nitrogens is 2. The van der Waals surface area contributed by atoms with E-state index in [4.69, 9.17) is 4.74 Å². The number of hydrogen-bond donors (Lipinski definition) is 1. The van der Waals surface area contributed by atoms with E-state index in [-0.39, 0.29) is 5.78 Å². The first kappa shape index (κ1) is 15.3. The third-order valence-corrected chi connectivity index (χ3v) is 5.11. The Labute approximate surface area is 133 Å². The molecule has 0 unspecified atom stereocenters. The van der Waals surface area contributed by atoms with Crippen molar-refractivity contribution < 1.29 is 9.53 Å². The van der Waals surface area contributed by atoms with Crippen molar-refractivity contribution in [2.24, 2.45) is 0 Å². The standard InChI is InChI=1S/C12H12BrN3O2S2/c1-14-11-15-16-12(20-11)19-6-9(17)7-3-4-10(18-2)8(13)5-7/h3-5H,6H2,1-2H3,(H,14,15). The fraction of sp³-hybridized carbons (Fsp3) is 0.250. The molecule has 1 aromatic carbocycles. The number of ether oxygens (including phenoxy) is 1. The summed E-state index contributed by atoms with van der Waals surface area (Å²) in [6.45, 7) is 0. The van der Waals surface area contributed by atoms with E-state index >= 15 is 0 Å². The highest BCUT2D eigenvalue weighted by molar-refractivity contribution is 9.10. The quantitative estimate of drug-likeness (QED) is 0.618. The van der Waals surface area contributed by atoms with Gasteiger partial charge in [0.2, 0.25) is 5.13 Å². The molecular weight excluding hydrogens is 362 g/mol. The van der Waals surface area contributed by atoms with Gasteiger partial charge in [0.1, 0.15) is 5.75 Å². The topological polar surface area (TPSA) is 64.1 Å². The minimum atomic E-state index is 0.0413. The molecule has 8 heteroatoms. The van der Waals surface area contributed by atoms with Crippen LogP contribution in [0.2, 0.25) is 0 Å². The van der Waals surface area contributed by atoms with Gasteiger partial charge in [-0.05, 0) is 34.1 Å². The molecule has 0 radical (unpaired) electrons. The molecule has 0 saturated carbocycles. The normalized spacial score (nSPS) is 10.3. The lowest BCUT2D eigenvalue weighted by atomic mass is 10.1. The fourth-order valence-electron chi connectivity index (χ4n) is 1.42. The summed E-state index contributed by atoms with van der Waals surface area (Å²) in [5, 5.41) is 11.6. The average molecular weight is 374 g/mol. The lowest BCUT2D eigenvalue weighted by Gasteiger charge is -2.05. The summed E-state index contributed by atoms with van der Waals surface area (Å²) < 4.78 is 6.68. The van der Waals surface area contributed by atoms with Gasteiger partial charge in [-0.15, -0.1) is 10.2 Å². The number of anilines is 1. The predicted molar refractivity (Wildman–Crippen MR) is 85.2 cm³/mol. The zero-order valence-electron chi connectivity index (χ0n) is 10.8. The molecule has 0 fully saturated rings. The minimum Gasteiger partial charge on any atom is -0.496 e. The van der Waals surface area contributed by atoms with Crippen LogP contribution in [-0.4, -0.2) is 35.9 Å². The Hall–Kier alpha value is -1.12. The summed E-state index contributed by atoms with van der Waals surface area (Å²) in [5.41, 5.74) is 0.642. The number of carbonyl (C=O) groups excluding carboxylic acids is 1. The van der Waals surface area contributed by atoms with Crippen molar-refractivity contribution in [1.82, 2.24) is 10.2 Å². The molecule has 0 amide bonds. The number of methoxy groups -OCH3 is 1. The van der Waals surface area contributed by atoms with E-state index in [0.717, 1.165) is 13.9 Å². The number of Topliss-reactive ketones (excluding diaryl/α,β-unsaturated/α-hetero) is 1. The molecule has 106 valence electrons. The lowest BCUT2D eigenvalue weighted by Crippen LogP contribution is -2.02. The molecule has 2 aromatic rings. The van der Waals surface area contributed by atoms with Crippen LogP contribution in [0.25, 0.3) is 0 Å². The molecule has 2 rings (SSSR count). The molecule has 0 atom stereocenters. The minimum absolute atomic E-state index is 0.0413. The van der Waals surface area contributed by atoms with E-state index in [1.807, 2.05) is 0 Å². The van der Waals surface area contributed by atoms with Gasteiger partial charge >= 0.3 is 0 Å². The first-order chi connectivity index (χ1) is 9.63. The van der Waals surface area contributed by atoms with Gasteiger partial charge < -0.3 is 10.1 Å². The number of nitrogens with one attached hydrogen (secondary N) is 1. The van der Waals surface area contributed by atoms with Crippen molar-refractivity contribution >= 4 is 49.9 Å². The summed E-state index contributed by atoms with van der Waals surface area (Å²) in [5.74, 6) is 1.08. The number of rotatable bonds is 6. The van der Waals surface area contributed by atoms with Crippen LogP contribution in [-0.2, 0) is 0 Å². The highest BCUT2D eigenvalue weighted by atomic mass is 79.9. The number of nitrogens with zero attached hydrogens (tertiary/aromatic N) is 2. The number of hydrogen-bond acceptors (Lipinski definition) is 7. The Kier molecular flexibility index (Phi) is 5.38. The van der Waals surface area contributed by atoms with Crippen LogP contribution in [0.1, 0.15) is 10.4 Å². The second-order valence-corrected chi connectivity index (χ2v) is 6.74. The number of thioether (sulfide) groups is 1. The lowest BCUT2D eigenvalue weighted by molar-refractivity contribution is 0.102. The van der Waals surface area contributed by atoms with E-state index in [2.05, 4.69) is 31.4 Å². The molecule has 0 spiro atoms. The maximum Gasteiger partial charge on any atom is 0.206 e. The first-order valence-corrected chi connectivity index (χ1v) is 8.24. The van der Waals surface area contributed by atoms with Crippen LogP contribution in [0.5, 0.6) is 5.75 Å². The maximum atomic E-state index is 12.1. The largest absolute Gasteiger partial charge is 0.496 e. The van der Waals surface area contributed by atoms with Crippen LogP contribution in [0.4, 0.5) is 5.13 Å². The predicted octanol–water partition coefficient (Wildman–Crippen LogP) is 3.33. The van der Waals surface area contributed by atoms with Crippen LogP contribution in [0, 0.1) is 0 Å². The van der Waals surface area contributed by atoms with Crippen LogP contribution < -0.4 is 10.1 Å². The molecule has 0 bridgehead atoms. The van der Waals surface area contributed by atoms with Gasteiger partial charge in [0.15, 0.2) is 10.1 Å². The third kappa shape index (κ3) is 3.71. The SMILES string of the molecule is CNc1nnc(SCC(=O)c2ccc(OC)c(Br)c2)s1. The van der Waals surface area contributed by atoms with E-state index in [1.54, 1.807) is 32.4 Å². The van der Waals surface area contributed by atoms with E-state index in [1.165, 1.54) is 23.1 Å². The molecule has 0 aliphatic carbocycles. The Bertz CT molecular complexity index is 618. The van der Waals surface area contributed by atoms with Gasteiger partial charge in [-0.3, -0.25) is 4.79 Å². The number of benzene rings is 1. The third-order valence-electron chi connectivity index (χ3n) is 2.42. The van der Waals surface area contributed by atoms with Gasteiger partial charge in [0.25, 0.3) is 0 Å². The molecular formula is C12H12BrN3O2S2. The van der Waals surface area contributed by atoms with Gasteiger partial charge in [-0.1, -0.05) is 23.1 Å². The molecule has 0 saturated heterocycles. The van der Waals surface area contributed by atoms with Crippen molar-refractivity contribution in [2.75, 3.05) is 25.2 Å². The van der Waals surface area contributed by atoms with Crippen molar-refractivity contribution in [3.05, 3.63) is 28.2 Å². The smallest absolute Gasteiger partial charge is 0.206 e. The first-order valence-electron chi connectivity index (χ1n) is 5.65. The molecule has 20 heavy (non-hydrogen) atoms. The number of halogens is 1. The molecule has 0 aliphatic heterocycles. The average Bonchev–Trinajstić information content (AvgIpc) is 2.92. The molecule has 1 heterocycles. The molecule has 5 nitrogen and oxygen atoms in total. The number of carbonyl (C=O) groups is 1. The molecule has 1 N–H and O–H groups in total. The van der Waals surface area contributed by atoms with Gasteiger partial charge in [-0.25, -0.2) is 0 Å². The fourth-order valence-corrected chi connectivity index (χ4v) is 3.56.